The fraction of sp³-hybridized carbons (Fsp3) is 0. The van der Waals surface area contributed by atoms with E-state index in [0.29, 0.717) is 0 Å². The standard InChI is InChI=1S/C18H10I2/c19-17-9-15-7-13-5-11-3-1-2-4-12(11)6-14(13)8-16(15)10-18(17)20/h1-10H. The van der Waals surface area contributed by atoms with Crippen molar-refractivity contribution in [1.29, 1.82) is 0 Å². The van der Waals surface area contributed by atoms with Crippen LogP contribution in [0, 0.1) is 7.14 Å². The van der Waals surface area contributed by atoms with Crippen molar-refractivity contribution in [2.75, 3.05) is 0 Å². The summed E-state index contributed by atoms with van der Waals surface area (Å²) >= 11 is 4.81. The lowest BCUT2D eigenvalue weighted by Gasteiger charge is -2.06. The normalized spacial score (nSPS) is 11.5. The van der Waals surface area contributed by atoms with Gasteiger partial charge in [-0.3, -0.25) is 0 Å². The average molecular weight is 480 g/mol. The van der Waals surface area contributed by atoms with Crippen LogP contribution >= 0.6 is 45.2 Å². The first-order chi connectivity index (χ1) is 9.70. The van der Waals surface area contributed by atoms with E-state index in [1.165, 1.54) is 39.5 Å². The van der Waals surface area contributed by atoms with Gasteiger partial charge in [0.05, 0.1) is 0 Å². The number of fused-ring (bicyclic) bond motifs is 3. The molecule has 0 spiro atoms. The van der Waals surface area contributed by atoms with Gasteiger partial charge < -0.3 is 0 Å². The van der Waals surface area contributed by atoms with Crippen molar-refractivity contribution < 1.29 is 0 Å². The molecule has 20 heavy (non-hydrogen) atoms. The minimum Gasteiger partial charge on any atom is -0.0616 e. The molecule has 0 nitrogen and oxygen atoms in total. The maximum atomic E-state index is 2.40. The monoisotopic (exact) mass is 480 g/mol. The molecule has 0 aliphatic rings. The Balaban J connectivity index is 2.15. The van der Waals surface area contributed by atoms with Crippen LogP contribution < -0.4 is 0 Å². The highest BCUT2D eigenvalue weighted by molar-refractivity contribution is 14.1. The summed E-state index contributed by atoms with van der Waals surface area (Å²) in [6, 6.07) is 22.3. The summed E-state index contributed by atoms with van der Waals surface area (Å²) < 4.78 is 2.63. The SMILES string of the molecule is Ic1cc2cc3cc4ccccc4cc3cc2cc1I. The molecule has 0 saturated heterocycles. The Morgan fingerprint density at radius 3 is 1.25 bits per heavy atom. The lowest BCUT2D eigenvalue weighted by Crippen LogP contribution is -1.83. The van der Waals surface area contributed by atoms with Gasteiger partial charge in [-0.2, -0.15) is 0 Å². The van der Waals surface area contributed by atoms with Gasteiger partial charge in [0.1, 0.15) is 0 Å². The summed E-state index contributed by atoms with van der Waals surface area (Å²) in [5, 5.41) is 7.87. The van der Waals surface area contributed by atoms with Gasteiger partial charge in [-0.25, -0.2) is 0 Å². The Morgan fingerprint density at radius 2 is 0.800 bits per heavy atom. The van der Waals surface area contributed by atoms with Gasteiger partial charge in [0, 0.05) is 7.14 Å². The van der Waals surface area contributed by atoms with Crippen LogP contribution in [-0.4, -0.2) is 0 Å². The zero-order valence-electron chi connectivity index (χ0n) is 10.5. The van der Waals surface area contributed by atoms with Gasteiger partial charge in [0.25, 0.3) is 0 Å². The summed E-state index contributed by atoms with van der Waals surface area (Å²) in [4.78, 5) is 0. The van der Waals surface area contributed by atoms with Gasteiger partial charge in [-0.1, -0.05) is 24.3 Å². The first kappa shape index (κ1) is 12.8. The summed E-state index contributed by atoms with van der Waals surface area (Å²) in [6.45, 7) is 0. The molecule has 0 fully saturated rings. The van der Waals surface area contributed by atoms with E-state index in [0.717, 1.165) is 0 Å². The molecule has 0 bridgehead atoms. The average Bonchev–Trinajstić information content (AvgIpc) is 2.44. The highest BCUT2D eigenvalue weighted by Gasteiger charge is 2.04. The van der Waals surface area contributed by atoms with Crippen molar-refractivity contribution in [3.05, 3.63) is 67.8 Å². The van der Waals surface area contributed by atoms with E-state index < -0.39 is 0 Å². The van der Waals surface area contributed by atoms with Gasteiger partial charge in [0.15, 0.2) is 0 Å². The van der Waals surface area contributed by atoms with Crippen LogP contribution in [0.3, 0.4) is 0 Å². The first-order valence-corrected chi connectivity index (χ1v) is 8.58. The molecule has 0 aliphatic carbocycles. The van der Waals surface area contributed by atoms with Gasteiger partial charge in [0.2, 0.25) is 0 Å². The van der Waals surface area contributed by atoms with Crippen molar-refractivity contribution in [2.24, 2.45) is 0 Å². The molecule has 0 unspecified atom stereocenters. The third-order valence-corrected chi connectivity index (χ3v) is 6.52. The van der Waals surface area contributed by atoms with Crippen molar-refractivity contribution in [2.45, 2.75) is 0 Å². The molecule has 0 radical (unpaired) electrons. The maximum Gasteiger partial charge on any atom is 0.0270 e. The summed E-state index contributed by atoms with van der Waals surface area (Å²) in [5.41, 5.74) is 0. The van der Waals surface area contributed by atoms with Crippen LogP contribution in [0.4, 0.5) is 0 Å². The third-order valence-electron chi connectivity index (χ3n) is 3.70. The number of hydrogen-bond donors (Lipinski definition) is 0. The van der Waals surface area contributed by atoms with Gasteiger partial charge in [-0.05, 0) is 114 Å². The van der Waals surface area contributed by atoms with Gasteiger partial charge in [-0.15, -0.1) is 0 Å². The number of rotatable bonds is 0. The molecule has 0 amide bonds. The van der Waals surface area contributed by atoms with Crippen molar-refractivity contribution in [1.82, 2.24) is 0 Å². The molecular formula is C18H10I2. The Labute approximate surface area is 144 Å². The molecule has 0 N–H and O–H groups in total. The van der Waals surface area contributed by atoms with E-state index in [1.54, 1.807) is 0 Å². The molecule has 2 heteroatoms. The van der Waals surface area contributed by atoms with Crippen molar-refractivity contribution in [3.8, 4) is 0 Å². The smallest absolute Gasteiger partial charge is 0.0270 e. The molecular weight excluding hydrogens is 470 g/mol. The van der Waals surface area contributed by atoms with E-state index in [4.69, 9.17) is 0 Å². The fourth-order valence-electron chi connectivity index (χ4n) is 2.69. The van der Waals surface area contributed by atoms with Crippen molar-refractivity contribution in [3.63, 3.8) is 0 Å². The number of hydrogen-bond acceptors (Lipinski definition) is 0. The number of benzene rings is 4. The molecule has 0 heterocycles. The van der Waals surface area contributed by atoms with Crippen LogP contribution in [0.2, 0.25) is 0 Å². The molecule has 0 atom stereocenters. The quantitative estimate of drug-likeness (QED) is 0.203. The number of halogens is 2. The zero-order valence-corrected chi connectivity index (χ0v) is 14.8. The second-order valence-electron chi connectivity index (χ2n) is 5.01. The van der Waals surface area contributed by atoms with Crippen LogP contribution in [0.25, 0.3) is 32.3 Å². The topological polar surface area (TPSA) is 0 Å². The van der Waals surface area contributed by atoms with E-state index >= 15 is 0 Å². The van der Waals surface area contributed by atoms with E-state index in [-0.39, 0.29) is 0 Å². The highest BCUT2D eigenvalue weighted by Crippen LogP contribution is 2.29. The molecule has 96 valence electrons. The second-order valence-corrected chi connectivity index (χ2v) is 7.34. The molecule has 4 aromatic carbocycles. The molecule has 0 aromatic heterocycles. The largest absolute Gasteiger partial charge is 0.0616 e. The Morgan fingerprint density at radius 1 is 0.450 bits per heavy atom. The maximum absolute atomic E-state index is 2.40. The van der Waals surface area contributed by atoms with Crippen LogP contribution in [0.15, 0.2) is 60.7 Å². The molecule has 0 aliphatic heterocycles. The summed E-state index contributed by atoms with van der Waals surface area (Å²) in [6.07, 6.45) is 0. The summed E-state index contributed by atoms with van der Waals surface area (Å²) in [7, 11) is 0. The van der Waals surface area contributed by atoms with E-state index in [9.17, 15) is 0 Å². The van der Waals surface area contributed by atoms with Crippen LogP contribution in [0.5, 0.6) is 0 Å². The molecule has 4 aromatic rings. The minimum atomic E-state index is 1.31. The van der Waals surface area contributed by atoms with E-state index in [2.05, 4.69) is 106 Å². The summed E-state index contributed by atoms with van der Waals surface area (Å²) in [5.74, 6) is 0. The van der Waals surface area contributed by atoms with Crippen LogP contribution in [0.1, 0.15) is 0 Å². The van der Waals surface area contributed by atoms with Crippen molar-refractivity contribution >= 4 is 77.5 Å². The fourth-order valence-corrected chi connectivity index (χ4v) is 3.67. The Kier molecular flexibility index (Phi) is 3.11. The second kappa shape index (κ2) is 4.84. The molecule has 4 rings (SSSR count). The lowest BCUT2D eigenvalue weighted by molar-refractivity contribution is 1.65. The lowest BCUT2D eigenvalue weighted by atomic mass is 10.00. The third kappa shape index (κ3) is 2.09. The van der Waals surface area contributed by atoms with Gasteiger partial charge >= 0.3 is 0 Å². The minimum absolute atomic E-state index is 1.31. The Hall–Kier alpha value is -0.880. The van der Waals surface area contributed by atoms with Crippen LogP contribution in [-0.2, 0) is 0 Å². The predicted octanol–water partition coefficient (Wildman–Crippen LogP) is 6.36. The highest BCUT2D eigenvalue weighted by atomic mass is 127. The first-order valence-electron chi connectivity index (χ1n) is 6.42. The Bertz CT molecular complexity index is 891. The van der Waals surface area contributed by atoms with E-state index in [1.807, 2.05) is 0 Å². The zero-order chi connectivity index (χ0) is 13.7. The predicted molar refractivity (Wildman–Crippen MR) is 104 cm³/mol. The molecule has 0 saturated carbocycles.